The Balaban J connectivity index is 1.62. The van der Waals surface area contributed by atoms with Crippen molar-refractivity contribution in [2.75, 3.05) is 39.6 Å². The van der Waals surface area contributed by atoms with Gasteiger partial charge in [0.1, 0.15) is 18.3 Å². The van der Waals surface area contributed by atoms with E-state index in [9.17, 15) is 28.8 Å². The van der Waals surface area contributed by atoms with E-state index in [1.54, 1.807) is 41.5 Å². The van der Waals surface area contributed by atoms with Gasteiger partial charge in [-0.2, -0.15) is 0 Å². The Morgan fingerprint density at radius 2 is 1.04 bits per heavy atom. The van der Waals surface area contributed by atoms with Crippen molar-refractivity contribution in [1.82, 2.24) is 0 Å². The van der Waals surface area contributed by atoms with E-state index >= 15 is 0 Å². The van der Waals surface area contributed by atoms with Gasteiger partial charge in [-0.05, 0) is 86.5 Å². The Labute approximate surface area is 295 Å². The molecule has 0 aromatic heterocycles. The SMILES string of the molecule is CC(C)OCCCCCCOC(=O)C(=O)OCCCCCCOC(=O)C(=O)C(C)(C)C(C)(C)O[C@H]1COC2C1OC[C@H]2OC(=O)C(=O)C(C)C. The first-order valence-electron chi connectivity index (χ1n) is 17.8. The van der Waals surface area contributed by atoms with Crippen LogP contribution in [0.4, 0.5) is 0 Å². The van der Waals surface area contributed by atoms with Crippen molar-refractivity contribution in [3.8, 4) is 0 Å². The Kier molecular flexibility index (Phi) is 18.0. The molecule has 50 heavy (non-hydrogen) atoms. The van der Waals surface area contributed by atoms with E-state index in [4.69, 9.17) is 37.9 Å². The second kappa shape index (κ2) is 20.8. The standard InChI is InChI=1S/C36H58O14/c1-23(2)27(37)31(39)49-25-21-47-29-26(22-48-28(25)29)50-36(7,8)35(5,6)30(38)32(40)44-18-14-11-12-16-20-46-34(42)33(41)45-19-15-10-9-13-17-43-24(3)4/h23-26,28-29H,9-22H2,1-8H3/t25-,26+,28?,29?/m1/s1. The molecular formula is C36H58O14. The van der Waals surface area contributed by atoms with E-state index in [2.05, 4.69) is 0 Å². The fraction of sp³-hybridized carbons (Fsp3) is 0.833. The molecule has 0 radical (unpaired) electrons. The number of carbonyl (C=O) groups excluding carboxylic acids is 6. The second-order valence-electron chi connectivity index (χ2n) is 14.3. The lowest BCUT2D eigenvalue weighted by Gasteiger charge is -2.41. The van der Waals surface area contributed by atoms with Crippen molar-refractivity contribution in [3.05, 3.63) is 0 Å². The van der Waals surface area contributed by atoms with Crippen molar-refractivity contribution in [2.24, 2.45) is 11.3 Å². The van der Waals surface area contributed by atoms with Crippen LogP contribution in [0.25, 0.3) is 0 Å². The lowest BCUT2D eigenvalue weighted by Crippen LogP contribution is -2.53. The number of hydrogen-bond acceptors (Lipinski definition) is 14. The normalized spacial score (nSPS) is 20.4. The van der Waals surface area contributed by atoms with Gasteiger partial charge in [0.25, 0.3) is 0 Å². The molecule has 0 N–H and O–H groups in total. The molecule has 14 heteroatoms. The van der Waals surface area contributed by atoms with Crippen molar-refractivity contribution >= 4 is 35.4 Å². The lowest BCUT2D eigenvalue weighted by atomic mass is 9.73. The first kappa shape index (κ1) is 43.2. The summed E-state index contributed by atoms with van der Waals surface area (Å²) in [6.07, 6.45) is 3.36. The zero-order chi connectivity index (χ0) is 37.5. The van der Waals surface area contributed by atoms with Gasteiger partial charge in [-0.1, -0.05) is 20.3 Å². The van der Waals surface area contributed by atoms with Crippen LogP contribution >= 0.6 is 0 Å². The van der Waals surface area contributed by atoms with E-state index < -0.39 is 76.8 Å². The van der Waals surface area contributed by atoms with Gasteiger partial charge in [0.15, 0.2) is 6.10 Å². The molecule has 2 heterocycles. The minimum atomic E-state index is -1.29. The maximum atomic E-state index is 13.2. The van der Waals surface area contributed by atoms with Crippen LogP contribution in [0.15, 0.2) is 0 Å². The molecular weight excluding hydrogens is 656 g/mol. The van der Waals surface area contributed by atoms with Gasteiger partial charge in [0.05, 0.1) is 50.2 Å². The van der Waals surface area contributed by atoms with Gasteiger partial charge < -0.3 is 37.9 Å². The largest absolute Gasteiger partial charge is 0.460 e. The van der Waals surface area contributed by atoms with Crippen LogP contribution in [0.3, 0.4) is 0 Å². The monoisotopic (exact) mass is 714 g/mol. The molecule has 2 aliphatic rings. The number of fused-ring (bicyclic) bond motifs is 1. The minimum absolute atomic E-state index is 0.0340. The molecule has 0 spiro atoms. The number of ketones is 2. The maximum absolute atomic E-state index is 13.2. The third-order valence-corrected chi connectivity index (χ3v) is 9.05. The molecule has 0 saturated carbocycles. The molecule has 0 aromatic rings. The summed E-state index contributed by atoms with van der Waals surface area (Å²) in [7, 11) is 0. The molecule has 2 saturated heterocycles. The molecule has 2 unspecified atom stereocenters. The third-order valence-electron chi connectivity index (χ3n) is 9.05. The summed E-state index contributed by atoms with van der Waals surface area (Å²) in [6.45, 7) is 14.9. The lowest BCUT2D eigenvalue weighted by molar-refractivity contribution is -0.181. The number of esters is 4. The smallest absolute Gasteiger partial charge is 0.417 e. The Morgan fingerprint density at radius 3 is 1.52 bits per heavy atom. The van der Waals surface area contributed by atoms with E-state index in [0.717, 1.165) is 19.3 Å². The Morgan fingerprint density at radius 1 is 0.600 bits per heavy atom. The Hall–Kier alpha value is -2.94. The zero-order valence-corrected chi connectivity index (χ0v) is 31.1. The highest BCUT2D eigenvalue weighted by Gasteiger charge is 2.55. The van der Waals surface area contributed by atoms with E-state index in [1.807, 2.05) is 13.8 Å². The average molecular weight is 715 g/mol. The van der Waals surface area contributed by atoms with Crippen LogP contribution in [-0.2, 0) is 66.7 Å². The first-order chi connectivity index (χ1) is 23.5. The summed E-state index contributed by atoms with van der Waals surface area (Å²) in [5.74, 6) is -5.81. The van der Waals surface area contributed by atoms with E-state index in [0.29, 0.717) is 38.7 Å². The molecule has 286 valence electrons. The summed E-state index contributed by atoms with van der Waals surface area (Å²) >= 11 is 0. The second-order valence-corrected chi connectivity index (χ2v) is 14.3. The van der Waals surface area contributed by atoms with E-state index in [-0.39, 0.29) is 39.1 Å². The molecule has 0 amide bonds. The Bertz CT molecular complexity index is 1140. The van der Waals surface area contributed by atoms with Crippen LogP contribution in [0.5, 0.6) is 0 Å². The molecule has 2 aliphatic heterocycles. The van der Waals surface area contributed by atoms with Gasteiger partial charge in [-0.3, -0.25) is 9.59 Å². The predicted molar refractivity (Wildman–Crippen MR) is 178 cm³/mol. The number of unbranched alkanes of at least 4 members (excludes halogenated alkanes) is 6. The van der Waals surface area contributed by atoms with Crippen LogP contribution in [0.2, 0.25) is 0 Å². The molecule has 14 nitrogen and oxygen atoms in total. The molecule has 0 bridgehead atoms. The maximum Gasteiger partial charge on any atom is 0.417 e. The highest BCUT2D eigenvalue weighted by molar-refractivity contribution is 6.36. The third kappa shape index (κ3) is 13.3. The molecule has 4 atom stereocenters. The van der Waals surface area contributed by atoms with Crippen LogP contribution in [-0.4, -0.2) is 111 Å². The minimum Gasteiger partial charge on any atom is -0.460 e. The van der Waals surface area contributed by atoms with Gasteiger partial charge in [-0.25, -0.2) is 19.2 Å². The number of rotatable bonds is 23. The molecule has 0 aromatic carbocycles. The summed E-state index contributed by atoms with van der Waals surface area (Å²) in [5, 5.41) is 0. The van der Waals surface area contributed by atoms with Gasteiger partial charge in [0.2, 0.25) is 11.6 Å². The molecule has 2 rings (SSSR count). The van der Waals surface area contributed by atoms with Crippen LogP contribution in [0, 0.1) is 11.3 Å². The first-order valence-corrected chi connectivity index (χ1v) is 17.8. The van der Waals surface area contributed by atoms with Crippen molar-refractivity contribution in [3.63, 3.8) is 0 Å². The average Bonchev–Trinajstić information content (AvgIpc) is 3.64. The predicted octanol–water partition coefficient (Wildman–Crippen LogP) is 3.86. The van der Waals surface area contributed by atoms with Crippen LogP contribution in [0.1, 0.15) is 107 Å². The number of ether oxygens (including phenoxy) is 8. The van der Waals surface area contributed by atoms with Gasteiger partial charge in [0, 0.05) is 12.5 Å². The molecule has 2 fully saturated rings. The van der Waals surface area contributed by atoms with Crippen LogP contribution < -0.4 is 0 Å². The fourth-order valence-corrected chi connectivity index (χ4v) is 5.23. The van der Waals surface area contributed by atoms with Gasteiger partial charge >= 0.3 is 23.9 Å². The number of Topliss-reactive ketones (excluding diaryl/α,β-unsaturated/α-hetero) is 2. The van der Waals surface area contributed by atoms with Crippen molar-refractivity contribution < 1.29 is 66.7 Å². The topological polar surface area (TPSA) is 176 Å². The van der Waals surface area contributed by atoms with E-state index in [1.165, 1.54) is 0 Å². The number of carbonyl (C=O) groups is 6. The molecule has 0 aliphatic carbocycles. The highest BCUT2D eigenvalue weighted by atomic mass is 16.7. The van der Waals surface area contributed by atoms with Gasteiger partial charge in [-0.15, -0.1) is 0 Å². The highest BCUT2D eigenvalue weighted by Crippen LogP contribution is 2.40. The quantitative estimate of drug-likeness (QED) is 0.0645. The zero-order valence-electron chi connectivity index (χ0n) is 31.1. The van der Waals surface area contributed by atoms with Crippen molar-refractivity contribution in [1.29, 1.82) is 0 Å². The summed E-state index contributed by atoms with van der Waals surface area (Å²) in [5.41, 5.74) is -2.44. The summed E-state index contributed by atoms with van der Waals surface area (Å²) in [6, 6.07) is 0. The fourth-order valence-electron chi connectivity index (χ4n) is 5.23. The summed E-state index contributed by atoms with van der Waals surface area (Å²) < 4.78 is 43.9. The van der Waals surface area contributed by atoms with Crippen molar-refractivity contribution in [2.45, 2.75) is 143 Å². The number of hydrogen-bond donors (Lipinski definition) is 0. The summed E-state index contributed by atoms with van der Waals surface area (Å²) in [4.78, 5) is 73.6.